The van der Waals surface area contributed by atoms with E-state index < -0.39 is 0 Å². The summed E-state index contributed by atoms with van der Waals surface area (Å²) in [4.78, 5) is 0. The fraction of sp³-hybridized carbons (Fsp3) is 0.0667. The van der Waals surface area contributed by atoms with Crippen LogP contribution in [-0.4, -0.2) is 11.7 Å². The van der Waals surface area contributed by atoms with Crippen molar-refractivity contribution in [2.75, 3.05) is 6.61 Å². The summed E-state index contributed by atoms with van der Waals surface area (Å²) < 4.78 is 0. The zero-order valence-electron chi connectivity index (χ0n) is 9.61. The highest BCUT2D eigenvalue weighted by Crippen LogP contribution is 2.25. The maximum atomic E-state index is 9.14. The molecule has 0 unspecified atom stereocenters. The van der Waals surface area contributed by atoms with Crippen LogP contribution >= 0.6 is 23.2 Å². The van der Waals surface area contributed by atoms with Gasteiger partial charge in [0.25, 0.3) is 0 Å². The molecule has 0 aromatic heterocycles. The largest absolute Gasteiger partial charge is 0.392 e. The topological polar surface area (TPSA) is 20.2 Å². The predicted octanol–water partition coefficient (Wildman–Crippen LogP) is 4.42. The molecule has 2 rings (SSSR count). The van der Waals surface area contributed by atoms with E-state index in [1.165, 1.54) is 0 Å². The number of benzene rings is 2. The Labute approximate surface area is 116 Å². The fourth-order valence-electron chi connectivity index (χ4n) is 1.75. The van der Waals surface area contributed by atoms with Gasteiger partial charge in [-0.1, -0.05) is 53.5 Å². The van der Waals surface area contributed by atoms with Crippen molar-refractivity contribution in [2.24, 2.45) is 0 Å². The third-order valence-corrected chi connectivity index (χ3v) is 3.11. The minimum absolute atomic E-state index is 0.0133. The van der Waals surface area contributed by atoms with Crippen molar-refractivity contribution < 1.29 is 5.11 Å². The zero-order valence-corrected chi connectivity index (χ0v) is 11.1. The fourth-order valence-corrected chi connectivity index (χ4v) is 2.00. The monoisotopic (exact) mass is 278 g/mol. The molecular formula is C15H12Cl2O. The minimum Gasteiger partial charge on any atom is -0.392 e. The molecule has 0 saturated heterocycles. The summed E-state index contributed by atoms with van der Waals surface area (Å²) >= 11 is 11.7. The van der Waals surface area contributed by atoms with Gasteiger partial charge >= 0.3 is 0 Å². The predicted molar refractivity (Wildman–Crippen MR) is 77.1 cm³/mol. The molecule has 1 nitrogen and oxygen atoms in total. The first-order valence-electron chi connectivity index (χ1n) is 5.53. The van der Waals surface area contributed by atoms with E-state index in [2.05, 4.69) is 0 Å². The lowest BCUT2D eigenvalue weighted by Gasteiger charge is -2.08. The first kappa shape index (κ1) is 13.2. The third-order valence-electron chi connectivity index (χ3n) is 2.61. The van der Waals surface area contributed by atoms with Crippen LogP contribution in [0.5, 0.6) is 0 Å². The van der Waals surface area contributed by atoms with Crippen LogP contribution in [0.2, 0.25) is 10.0 Å². The van der Waals surface area contributed by atoms with Gasteiger partial charge in [0.2, 0.25) is 0 Å². The van der Waals surface area contributed by atoms with Crippen molar-refractivity contribution in [3.63, 3.8) is 0 Å². The van der Waals surface area contributed by atoms with Crippen molar-refractivity contribution in [3.05, 3.63) is 75.8 Å². The van der Waals surface area contributed by atoms with Gasteiger partial charge in [-0.2, -0.15) is 0 Å². The summed E-state index contributed by atoms with van der Waals surface area (Å²) in [7, 11) is 0. The lowest BCUT2D eigenvalue weighted by Crippen LogP contribution is -1.90. The Kier molecular flexibility index (Phi) is 4.43. The molecule has 0 radical (unpaired) electrons. The van der Waals surface area contributed by atoms with Crippen LogP contribution in [0.1, 0.15) is 11.1 Å². The molecule has 0 aliphatic heterocycles. The van der Waals surface area contributed by atoms with E-state index >= 15 is 0 Å². The van der Waals surface area contributed by atoms with Crippen LogP contribution in [0.15, 0.2) is 54.6 Å². The maximum Gasteiger partial charge on any atom is 0.0621 e. The second-order valence-corrected chi connectivity index (χ2v) is 4.69. The third kappa shape index (κ3) is 3.14. The minimum atomic E-state index is -0.0133. The van der Waals surface area contributed by atoms with Gasteiger partial charge in [-0.15, -0.1) is 0 Å². The second-order valence-electron chi connectivity index (χ2n) is 3.81. The number of aliphatic hydroxyl groups excluding tert-OH is 1. The number of hydrogen-bond acceptors (Lipinski definition) is 1. The molecule has 0 heterocycles. The number of aliphatic hydroxyl groups is 1. The molecule has 0 aliphatic carbocycles. The number of rotatable bonds is 3. The average Bonchev–Trinajstić information content (AvgIpc) is 2.39. The molecule has 0 aliphatic rings. The number of halogens is 2. The molecule has 1 N–H and O–H groups in total. The summed E-state index contributed by atoms with van der Waals surface area (Å²) in [6, 6.07) is 15.0. The number of hydrogen-bond donors (Lipinski definition) is 1. The van der Waals surface area contributed by atoms with Gasteiger partial charge in [-0.25, -0.2) is 0 Å². The van der Waals surface area contributed by atoms with Crippen molar-refractivity contribution in [3.8, 4) is 0 Å². The molecule has 0 saturated carbocycles. The van der Waals surface area contributed by atoms with Gasteiger partial charge in [-0.3, -0.25) is 0 Å². The van der Waals surface area contributed by atoms with Crippen LogP contribution in [0.3, 0.4) is 0 Å². The summed E-state index contributed by atoms with van der Waals surface area (Å²) in [6.07, 6.45) is 1.77. The highest BCUT2D eigenvalue weighted by atomic mass is 35.5. The highest BCUT2D eigenvalue weighted by Gasteiger charge is 2.04. The molecule has 3 heteroatoms. The molecule has 92 valence electrons. The Hall–Kier alpha value is -1.28. The first-order valence-corrected chi connectivity index (χ1v) is 6.29. The smallest absolute Gasteiger partial charge is 0.0621 e. The standard InChI is InChI=1S/C15H12Cl2O/c16-13-5-1-11(2-6-13)15(9-10-18)12-3-7-14(17)8-4-12/h1-9,18H,10H2. The highest BCUT2D eigenvalue weighted by molar-refractivity contribution is 6.31. The van der Waals surface area contributed by atoms with Gasteiger partial charge in [0, 0.05) is 10.0 Å². The van der Waals surface area contributed by atoms with Crippen LogP contribution in [0.4, 0.5) is 0 Å². The SMILES string of the molecule is OCC=C(c1ccc(Cl)cc1)c1ccc(Cl)cc1. The molecule has 2 aromatic rings. The molecule has 0 atom stereocenters. The van der Waals surface area contributed by atoms with E-state index in [1.54, 1.807) is 6.08 Å². The Balaban J connectivity index is 2.43. The summed E-state index contributed by atoms with van der Waals surface area (Å²) in [6.45, 7) is -0.0133. The van der Waals surface area contributed by atoms with Gasteiger partial charge in [0.1, 0.15) is 0 Å². The maximum absolute atomic E-state index is 9.14. The normalized spacial score (nSPS) is 10.2. The van der Waals surface area contributed by atoms with Gasteiger partial charge in [0.05, 0.1) is 6.61 Å². The van der Waals surface area contributed by atoms with Gasteiger partial charge < -0.3 is 5.11 Å². The second kappa shape index (κ2) is 6.05. The lowest BCUT2D eigenvalue weighted by atomic mass is 9.98. The Morgan fingerprint density at radius 2 is 1.22 bits per heavy atom. The van der Waals surface area contributed by atoms with E-state index in [1.807, 2.05) is 48.5 Å². The van der Waals surface area contributed by atoms with Crippen molar-refractivity contribution in [1.82, 2.24) is 0 Å². The summed E-state index contributed by atoms with van der Waals surface area (Å²) in [5.41, 5.74) is 2.98. The molecule has 18 heavy (non-hydrogen) atoms. The lowest BCUT2D eigenvalue weighted by molar-refractivity contribution is 0.343. The van der Waals surface area contributed by atoms with Gasteiger partial charge in [-0.05, 0) is 41.0 Å². The average molecular weight is 279 g/mol. The summed E-state index contributed by atoms with van der Waals surface area (Å²) in [5, 5.41) is 10.5. The van der Waals surface area contributed by atoms with Crippen LogP contribution in [0.25, 0.3) is 5.57 Å². The van der Waals surface area contributed by atoms with Crippen LogP contribution in [0, 0.1) is 0 Å². The van der Waals surface area contributed by atoms with E-state index in [4.69, 9.17) is 28.3 Å². The van der Waals surface area contributed by atoms with Crippen LogP contribution in [-0.2, 0) is 0 Å². The van der Waals surface area contributed by atoms with E-state index in [9.17, 15) is 0 Å². The van der Waals surface area contributed by atoms with Gasteiger partial charge in [0.15, 0.2) is 0 Å². The van der Waals surface area contributed by atoms with Crippen molar-refractivity contribution in [1.29, 1.82) is 0 Å². The quantitative estimate of drug-likeness (QED) is 0.881. The molecule has 0 amide bonds. The molecule has 0 bridgehead atoms. The molecule has 0 fully saturated rings. The Morgan fingerprint density at radius 1 is 0.833 bits per heavy atom. The van der Waals surface area contributed by atoms with E-state index in [-0.39, 0.29) is 6.61 Å². The molecular weight excluding hydrogens is 267 g/mol. The molecule has 2 aromatic carbocycles. The summed E-state index contributed by atoms with van der Waals surface area (Å²) in [5.74, 6) is 0. The van der Waals surface area contributed by atoms with Crippen molar-refractivity contribution >= 4 is 28.8 Å². The Bertz CT molecular complexity index is 494. The van der Waals surface area contributed by atoms with Crippen molar-refractivity contribution in [2.45, 2.75) is 0 Å². The Morgan fingerprint density at radius 3 is 1.56 bits per heavy atom. The first-order chi connectivity index (χ1) is 8.70. The van der Waals surface area contributed by atoms with E-state index in [0.717, 1.165) is 16.7 Å². The van der Waals surface area contributed by atoms with Crippen LogP contribution < -0.4 is 0 Å². The van der Waals surface area contributed by atoms with E-state index in [0.29, 0.717) is 10.0 Å². The zero-order chi connectivity index (χ0) is 13.0. The molecule has 0 spiro atoms.